The van der Waals surface area contributed by atoms with E-state index in [1.807, 2.05) is 6.92 Å². The molecule has 102 valence electrons. The maximum Gasteiger partial charge on any atom is 0.283 e. The van der Waals surface area contributed by atoms with Gasteiger partial charge in [0.2, 0.25) is 5.89 Å². The average Bonchev–Trinajstić information content (AvgIpc) is 2.91. The first kappa shape index (κ1) is 13.7. The highest BCUT2D eigenvalue weighted by Gasteiger charge is 2.08. The lowest BCUT2D eigenvalue weighted by Crippen LogP contribution is -2.24. The van der Waals surface area contributed by atoms with Crippen LogP contribution >= 0.6 is 15.9 Å². The van der Waals surface area contributed by atoms with E-state index in [9.17, 15) is 4.79 Å². The lowest BCUT2D eigenvalue weighted by atomic mass is 10.4. The van der Waals surface area contributed by atoms with E-state index in [4.69, 9.17) is 4.52 Å². The molecular weight excluding hydrogens is 314 g/mol. The molecule has 2 heterocycles. The molecule has 0 aliphatic heterocycles. The number of aryl methyl sites for hydroxylation is 1. The summed E-state index contributed by atoms with van der Waals surface area (Å²) < 4.78 is 6.81. The Labute approximate surface area is 118 Å². The van der Waals surface area contributed by atoms with Crippen molar-refractivity contribution in [3.05, 3.63) is 33.2 Å². The zero-order valence-corrected chi connectivity index (χ0v) is 12.1. The van der Waals surface area contributed by atoms with Gasteiger partial charge in [-0.05, 0) is 22.4 Å². The summed E-state index contributed by atoms with van der Waals surface area (Å²) in [4.78, 5) is 15.9. The third-order valence-corrected chi connectivity index (χ3v) is 3.25. The maximum absolute atomic E-state index is 11.9. The molecule has 0 fully saturated rings. The molecule has 8 heteroatoms. The molecule has 7 nitrogen and oxygen atoms in total. The van der Waals surface area contributed by atoms with Gasteiger partial charge in [0.05, 0.1) is 11.9 Å². The Balaban J connectivity index is 2.01. The molecule has 0 saturated carbocycles. The first-order valence-corrected chi connectivity index (χ1v) is 6.76. The Morgan fingerprint density at radius 1 is 1.53 bits per heavy atom. The lowest BCUT2D eigenvalue weighted by molar-refractivity contribution is 0.380. The van der Waals surface area contributed by atoms with Crippen molar-refractivity contribution in [1.29, 1.82) is 0 Å². The SMILES string of the molecule is CCCn1ncc(NCCc2ncno2)c(Br)c1=O. The van der Waals surface area contributed by atoms with Crippen LogP contribution in [-0.2, 0) is 13.0 Å². The summed E-state index contributed by atoms with van der Waals surface area (Å²) >= 11 is 3.29. The monoisotopic (exact) mass is 327 g/mol. The van der Waals surface area contributed by atoms with Crippen molar-refractivity contribution in [3.63, 3.8) is 0 Å². The molecule has 0 spiro atoms. The van der Waals surface area contributed by atoms with E-state index in [-0.39, 0.29) is 5.56 Å². The van der Waals surface area contributed by atoms with Crippen molar-refractivity contribution in [2.45, 2.75) is 26.3 Å². The molecule has 0 saturated heterocycles. The van der Waals surface area contributed by atoms with Crippen molar-refractivity contribution in [1.82, 2.24) is 19.9 Å². The fourth-order valence-corrected chi connectivity index (χ4v) is 2.02. The van der Waals surface area contributed by atoms with E-state index in [1.165, 1.54) is 11.0 Å². The Morgan fingerprint density at radius 2 is 2.37 bits per heavy atom. The minimum atomic E-state index is -0.135. The Kier molecular flexibility index (Phi) is 4.67. The van der Waals surface area contributed by atoms with Crippen LogP contribution in [0.4, 0.5) is 5.69 Å². The summed E-state index contributed by atoms with van der Waals surface area (Å²) in [5.74, 6) is 0.552. The number of nitrogens with zero attached hydrogens (tertiary/aromatic N) is 4. The van der Waals surface area contributed by atoms with Crippen LogP contribution in [0.1, 0.15) is 19.2 Å². The van der Waals surface area contributed by atoms with Crippen LogP contribution in [0.25, 0.3) is 0 Å². The fraction of sp³-hybridized carbons (Fsp3) is 0.455. The van der Waals surface area contributed by atoms with Gasteiger partial charge in [-0.1, -0.05) is 12.1 Å². The molecule has 0 atom stereocenters. The highest BCUT2D eigenvalue weighted by molar-refractivity contribution is 9.10. The largest absolute Gasteiger partial charge is 0.382 e. The standard InChI is InChI=1S/C11H14BrN5O2/c1-2-5-17-11(18)10(12)8(6-15-17)13-4-3-9-14-7-16-19-9/h6-7,13H,2-5H2,1H3. The Hall–Kier alpha value is -1.70. The molecule has 2 rings (SSSR count). The Morgan fingerprint density at radius 3 is 3.05 bits per heavy atom. The van der Waals surface area contributed by atoms with E-state index in [0.29, 0.717) is 35.6 Å². The van der Waals surface area contributed by atoms with E-state index in [2.05, 4.69) is 36.5 Å². The van der Waals surface area contributed by atoms with Gasteiger partial charge in [0, 0.05) is 19.5 Å². The topological polar surface area (TPSA) is 85.8 Å². The van der Waals surface area contributed by atoms with Gasteiger partial charge in [-0.3, -0.25) is 4.79 Å². The zero-order chi connectivity index (χ0) is 13.7. The normalized spacial score (nSPS) is 10.6. The van der Waals surface area contributed by atoms with Crippen molar-refractivity contribution < 1.29 is 4.52 Å². The van der Waals surface area contributed by atoms with Gasteiger partial charge in [-0.15, -0.1) is 0 Å². The average molecular weight is 328 g/mol. The summed E-state index contributed by atoms with van der Waals surface area (Å²) in [6.45, 7) is 3.19. The summed E-state index contributed by atoms with van der Waals surface area (Å²) in [7, 11) is 0. The van der Waals surface area contributed by atoms with Crippen LogP contribution in [0.2, 0.25) is 0 Å². The van der Waals surface area contributed by atoms with Gasteiger partial charge in [-0.2, -0.15) is 10.1 Å². The molecule has 0 radical (unpaired) electrons. The van der Waals surface area contributed by atoms with Crippen molar-refractivity contribution in [2.24, 2.45) is 0 Å². The van der Waals surface area contributed by atoms with Gasteiger partial charge in [0.15, 0.2) is 6.33 Å². The number of aromatic nitrogens is 4. The number of halogens is 1. The van der Waals surface area contributed by atoms with Gasteiger partial charge < -0.3 is 9.84 Å². The third kappa shape index (κ3) is 3.40. The lowest BCUT2D eigenvalue weighted by Gasteiger charge is -2.09. The van der Waals surface area contributed by atoms with Crippen LogP contribution in [0.5, 0.6) is 0 Å². The third-order valence-electron chi connectivity index (χ3n) is 2.48. The van der Waals surface area contributed by atoms with Gasteiger partial charge in [0.25, 0.3) is 5.56 Å². The molecule has 2 aromatic rings. The van der Waals surface area contributed by atoms with E-state index in [1.54, 1.807) is 6.20 Å². The van der Waals surface area contributed by atoms with E-state index >= 15 is 0 Å². The maximum atomic E-state index is 11.9. The smallest absolute Gasteiger partial charge is 0.283 e. The molecule has 0 aliphatic rings. The molecule has 19 heavy (non-hydrogen) atoms. The van der Waals surface area contributed by atoms with Crippen molar-refractivity contribution >= 4 is 21.6 Å². The second kappa shape index (κ2) is 6.46. The van der Waals surface area contributed by atoms with Gasteiger partial charge in [0.1, 0.15) is 4.47 Å². The minimum absolute atomic E-state index is 0.135. The molecule has 0 unspecified atom stereocenters. The van der Waals surface area contributed by atoms with Crippen LogP contribution in [0, 0.1) is 0 Å². The first-order chi connectivity index (χ1) is 9.22. The predicted octanol–water partition coefficient (Wildman–Crippen LogP) is 1.45. The Bertz CT molecular complexity index is 581. The number of nitrogens with one attached hydrogen (secondary N) is 1. The summed E-state index contributed by atoms with van der Waals surface area (Å²) in [6.07, 6.45) is 4.45. The minimum Gasteiger partial charge on any atom is -0.382 e. The summed E-state index contributed by atoms with van der Waals surface area (Å²) in [5, 5.41) is 10.7. The number of hydrogen-bond acceptors (Lipinski definition) is 6. The fourth-order valence-electron chi connectivity index (χ4n) is 1.57. The zero-order valence-electron chi connectivity index (χ0n) is 10.5. The molecule has 0 aromatic carbocycles. The van der Waals surface area contributed by atoms with Crippen molar-refractivity contribution in [2.75, 3.05) is 11.9 Å². The second-order valence-corrected chi connectivity index (χ2v) is 4.71. The van der Waals surface area contributed by atoms with Crippen molar-refractivity contribution in [3.8, 4) is 0 Å². The molecule has 1 N–H and O–H groups in total. The van der Waals surface area contributed by atoms with Crippen LogP contribution < -0.4 is 10.9 Å². The molecular formula is C11H14BrN5O2. The first-order valence-electron chi connectivity index (χ1n) is 5.97. The summed E-state index contributed by atoms with van der Waals surface area (Å²) in [6, 6.07) is 0. The van der Waals surface area contributed by atoms with Crippen LogP contribution in [0.3, 0.4) is 0 Å². The van der Waals surface area contributed by atoms with Crippen LogP contribution in [-0.4, -0.2) is 26.5 Å². The second-order valence-electron chi connectivity index (χ2n) is 3.91. The predicted molar refractivity (Wildman–Crippen MR) is 73.0 cm³/mol. The summed E-state index contributed by atoms with van der Waals surface area (Å²) in [5.41, 5.74) is 0.529. The van der Waals surface area contributed by atoms with E-state index in [0.717, 1.165) is 6.42 Å². The van der Waals surface area contributed by atoms with Gasteiger partial charge in [-0.25, -0.2) is 4.68 Å². The number of rotatable bonds is 6. The molecule has 0 amide bonds. The molecule has 2 aromatic heterocycles. The highest BCUT2D eigenvalue weighted by atomic mass is 79.9. The number of hydrogen-bond donors (Lipinski definition) is 1. The number of anilines is 1. The molecule has 0 aliphatic carbocycles. The van der Waals surface area contributed by atoms with Crippen LogP contribution in [0.15, 0.2) is 26.3 Å². The van der Waals surface area contributed by atoms with Gasteiger partial charge >= 0.3 is 0 Å². The van der Waals surface area contributed by atoms with E-state index < -0.39 is 0 Å². The highest BCUT2D eigenvalue weighted by Crippen LogP contribution is 2.15. The molecule has 0 bridgehead atoms. The quantitative estimate of drug-likeness (QED) is 0.864.